The molecule has 0 saturated heterocycles. The summed E-state index contributed by atoms with van der Waals surface area (Å²) in [5.74, 6) is -9.31. The number of benzene rings is 3. The van der Waals surface area contributed by atoms with Crippen molar-refractivity contribution < 1.29 is 35.5 Å². The highest BCUT2D eigenvalue weighted by molar-refractivity contribution is 5.80. The maximum absolute atomic E-state index is 14.7. The average molecular weight is 512 g/mol. The number of hydrogen-bond acceptors (Lipinski definition) is 3. The molecular formula is C25H7F7N4O. The molecule has 0 amide bonds. The lowest BCUT2D eigenvalue weighted by Crippen LogP contribution is -2.17. The number of alkyl halides is 3. The summed E-state index contributed by atoms with van der Waals surface area (Å²) in [6.07, 6.45) is -4.77. The van der Waals surface area contributed by atoms with Crippen LogP contribution in [-0.2, 0) is 6.18 Å². The molecule has 0 aliphatic rings. The molecule has 0 atom stereocenters. The third-order valence-electron chi connectivity index (χ3n) is 4.85. The van der Waals surface area contributed by atoms with Gasteiger partial charge in [0.05, 0.1) is 35.9 Å². The monoisotopic (exact) mass is 512 g/mol. The summed E-state index contributed by atoms with van der Waals surface area (Å²) >= 11 is 0. The van der Waals surface area contributed by atoms with Gasteiger partial charge < -0.3 is 4.74 Å². The van der Waals surface area contributed by atoms with E-state index in [1.54, 1.807) is 6.07 Å². The zero-order valence-corrected chi connectivity index (χ0v) is 17.9. The molecule has 0 aromatic heterocycles. The van der Waals surface area contributed by atoms with E-state index >= 15 is 0 Å². The Morgan fingerprint density at radius 1 is 0.865 bits per heavy atom. The van der Waals surface area contributed by atoms with Gasteiger partial charge in [-0.25, -0.2) is 32.5 Å². The maximum Gasteiger partial charge on any atom is 0.416 e. The van der Waals surface area contributed by atoms with Gasteiger partial charge in [0.1, 0.15) is 17.6 Å². The number of rotatable bonds is 3. The molecule has 12 heteroatoms. The average Bonchev–Trinajstić information content (AvgIpc) is 2.87. The maximum atomic E-state index is 14.7. The van der Waals surface area contributed by atoms with Crippen molar-refractivity contribution in [2.45, 2.75) is 6.18 Å². The summed E-state index contributed by atoms with van der Waals surface area (Å²) in [4.78, 5) is 5.37. The van der Waals surface area contributed by atoms with Crippen molar-refractivity contribution in [1.82, 2.24) is 0 Å². The Kier molecular flexibility index (Phi) is 7.18. The molecule has 0 N–H and O–H groups in total. The van der Waals surface area contributed by atoms with Gasteiger partial charge in [-0.3, -0.25) is 0 Å². The topological polar surface area (TPSA) is 65.5 Å². The Morgan fingerprint density at radius 3 is 2.03 bits per heavy atom. The van der Waals surface area contributed by atoms with Crippen molar-refractivity contribution in [3.63, 3.8) is 0 Å². The second-order valence-corrected chi connectivity index (χ2v) is 6.99. The van der Waals surface area contributed by atoms with E-state index in [0.717, 1.165) is 36.4 Å². The highest BCUT2D eigenvalue weighted by Gasteiger charge is 2.31. The van der Waals surface area contributed by atoms with Crippen LogP contribution in [0.2, 0.25) is 0 Å². The van der Waals surface area contributed by atoms with Crippen LogP contribution in [-0.4, -0.2) is 0 Å². The summed E-state index contributed by atoms with van der Waals surface area (Å²) < 4.78 is 103. The van der Waals surface area contributed by atoms with E-state index in [-0.39, 0.29) is 5.22 Å². The van der Waals surface area contributed by atoms with E-state index < -0.39 is 74.2 Å². The van der Waals surface area contributed by atoms with Crippen LogP contribution in [0.5, 0.6) is 11.5 Å². The van der Waals surface area contributed by atoms with E-state index in [0.29, 0.717) is 6.07 Å². The lowest BCUT2D eigenvalue weighted by atomic mass is 10.0. The molecule has 0 aliphatic heterocycles. The normalized spacial score (nSPS) is 12.4. The molecule has 0 fully saturated rings. The summed E-state index contributed by atoms with van der Waals surface area (Å²) in [7, 11) is 0. The predicted octanol–water partition coefficient (Wildman–Crippen LogP) is 5.88. The van der Waals surface area contributed by atoms with Crippen molar-refractivity contribution in [3.05, 3.63) is 110 Å². The van der Waals surface area contributed by atoms with Crippen LogP contribution in [0.15, 0.2) is 42.5 Å². The van der Waals surface area contributed by atoms with Crippen molar-refractivity contribution in [3.8, 4) is 23.6 Å². The van der Waals surface area contributed by atoms with Gasteiger partial charge in [-0.05, 0) is 29.5 Å². The standard InChI is InChI=1S/C25H7F7N4O/c1-35-17(11-34)12-6-7-15(18(8-12)37-14-5-3-4-13(9-14)25(30,31)32)16(10-33)19-20(26)22(28)24(36-2)23(29)21(19)27/h3-9H/b16-15+,17-12+. The van der Waals surface area contributed by atoms with Gasteiger partial charge in [0.2, 0.25) is 0 Å². The lowest BCUT2D eigenvalue weighted by molar-refractivity contribution is -0.137. The number of halogens is 7. The Balaban J connectivity index is 2.46. The third-order valence-corrected chi connectivity index (χ3v) is 4.85. The molecule has 3 aromatic carbocycles. The Bertz CT molecular complexity index is 1690. The van der Waals surface area contributed by atoms with Crippen molar-refractivity contribution >= 4 is 17.0 Å². The SMILES string of the molecule is [C-]#[N+]/C(C#N)=c1\cc/c(=C(/C#N)c2c(F)c(F)c([N+]#[C-])c(F)c2F)c(Oc2cccc(C(F)(F)F)c2)c1. The first-order valence-corrected chi connectivity index (χ1v) is 9.63. The molecule has 0 spiro atoms. The van der Waals surface area contributed by atoms with E-state index in [4.69, 9.17) is 23.1 Å². The van der Waals surface area contributed by atoms with E-state index in [1.807, 2.05) is 0 Å². The van der Waals surface area contributed by atoms with Gasteiger partial charge >= 0.3 is 6.18 Å². The third kappa shape index (κ3) is 4.91. The minimum Gasteiger partial charge on any atom is -0.457 e. The van der Waals surface area contributed by atoms with Crippen molar-refractivity contribution in [1.29, 1.82) is 10.5 Å². The van der Waals surface area contributed by atoms with E-state index in [9.17, 15) is 36.0 Å². The van der Waals surface area contributed by atoms with E-state index in [2.05, 4.69) is 9.69 Å². The smallest absolute Gasteiger partial charge is 0.416 e. The van der Waals surface area contributed by atoms with Crippen molar-refractivity contribution in [2.75, 3.05) is 0 Å². The van der Waals surface area contributed by atoms with Gasteiger partial charge in [-0.15, -0.1) is 0 Å². The van der Waals surface area contributed by atoms with E-state index in [1.165, 1.54) is 6.07 Å². The Morgan fingerprint density at radius 2 is 1.51 bits per heavy atom. The van der Waals surface area contributed by atoms with Crippen LogP contribution in [0.25, 0.3) is 21.0 Å². The second kappa shape index (κ2) is 10.1. The summed E-state index contributed by atoms with van der Waals surface area (Å²) in [6.45, 7) is 13.8. The highest BCUT2D eigenvalue weighted by atomic mass is 19.4. The second-order valence-electron chi connectivity index (χ2n) is 6.99. The Hall–Kier alpha value is -5.33. The van der Waals surface area contributed by atoms with Gasteiger partial charge in [-0.1, -0.05) is 18.2 Å². The van der Waals surface area contributed by atoms with Crippen LogP contribution in [0.1, 0.15) is 11.1 Å². The zero-order chi connectivity index (χ0) is 27.5. The summed E-state index contributed by atoms with van der Waals surface area (Å²) in [5.41, 5.74) is -5.76. The number of nitrogens with zero attached hydrogens (tertiary/aromatic N) is 4. The highest BCUT2D eigenvalue weighted by Crippen LogP contribution is 2.34. The molecule has 0 aliphatic carbocycles. The fraction of sp³-hybridized carbons (Fsp3) is 0.0400. The fourth-order valence-corrected chi connectivity index (χ4v) is 3.17. The molecule has 3 rings (SSSR count). The first kappa shape index (κ1) is 26.3. The number of ether oxygens (including phenoxy) is 1. The lowest BCUT2D eigenvalue weighted by Gasteiger charge is -2.12. The molecular weight excluding hydrogens is 505 g/mol. The van der Waals surface area contributed by atoms with Crippen LogP contribution >= 0.6 is 0 Å². The summed E-state index contributed by atoms with van der Waals surface area (Å²) in [5, 5.41) is 18.1. The summed E-state index contributed by atoms with van der Waals surface area (Å²) in [6, 6.07) is 9.21. The molecule has 182 valence electrons. The van der Waals surface area contributed by atoms with Crippen molar-refractivity contribution in [2.24, 2.45) is 0 Å². The number of hydrogen-bond donors (Lipinski definition) is 0. The Labute approximate surface area is 203 Å². The molecule has 0 heterocycles. The van der Waals surface area contributed by atoms with Crippen LogP contribution < -0.4 is 15.2 Å². The predicted molar refractivity (Wildman–Crippen MR) is 113 cm³/mol. The van der Waals surface area contributed by atoms with Gasteiger partial charge in [0.25, 0.3) is 11.4 Å². The first-order chi connectivity index (χ1) is 17.5. The molecule has 0 radical (unpaired) electrons. The van der Waals surface area contributed by atoms with Crippen LogP contribution in [0.3, 0.4) is 0 Å². The first-order valence-electron chi connectivity index (χ1n) is 9.63. The zero-order valence-electron chi connectivity index (χ0n) is 17.9. The minimum absolute atomic E-state index is 0.137. The molecule has 0 saturated carbocycles. The quantitative estimate of drug-likeness (QED) is 0.250. The molecule has 3 aromatic rings. The minimum atomic E-state index is -4.77. The number of nitriles is 2. The van der Waals surface area contributed by atoms with Gasteiger partial charge in [-0.2, -0.15) is 18.4 Å². The molecule has 0 unspecified atom stereocenters. The fourth-order valence-electron chi connectivity index (χ4n) is 3.17. The molecule has 0 bridgehead atoms. The van der Waals surface area contributed by atoms with Gasteiger partial charge in [0, 0.05) is 5.22 Å². The molecule has 5 nitrogen and oxygen atoms in total. The largest absolute Gasteiger partial charge is 0.457 e. The molecule has 37 heavy (non-hydrogen) atoms. The van der Waals surface area contributed by atoms with Crippen LogP contribution in [0.4, 0.5) is 36.4 Å². The van der Waals surface area contributed by atoms with Gasteiger partial charge in [0.15, 0.2) is 23.3 Å². The van der Waals surface area contributed by atoms with Crippen LogP contribution in [0, 0.1) is 59.1 Å².